The summed E-state index contributed by atoms with van der Waals surface area (Å²) in [4.78, 5) is 2.36. The topological polar surface area (TPSA) is 23.5 Å². The Bertz CT molecular complexity index is 304. The van der Waals surface area contributed by atoms with Gasteiger partial charge in [-0.1, -0.05) is 30.7 Å². The van der Waals surface area contributed by atoms with Gasteiger partial charge in [-0.3, -0.25) is 4.90 Å². The molecular weight excluding hydrogens is 222 g/mol. The zero-order valence-corrected chi connectivity index (χ0v) is 10.6. The number of unbranched alkanes of at least 4 members (excludes halogenated alkanes) is 1. The molecule has 0 aliphatic carbocycles. The van der Waals surface area contributed by atoms with Crippen LogP contribution in [0.15, 0.2) is 24.3 Å². The second kappa shape index (κ2) is 7.66. The van der Waals surface area contributed by atoms with Crippen LogP contribution in [0.3, 0.4) is 0 Å². The molecule has 0 aliphatic rings. The number of rotatable bonds is 7. The lowest BCUT2D eigenvalue weighted by molar-refractivity contribution is 0.243. The molecule has 0 unspecified atom stereocenters. The number of aliphatic hydroxyl groups is 1. The predicted molar refractivity (Wildman–Crippen MR) is 68.7 cm³/mol. The maximum Gasteiger partial charge on any atom is 0.0431 e. The Labute approximate surface area is 103 Å². The van der Waals surface area contributed by atoms with Crippen molar-refractivity contribution in [2.75, 3.05) is 19.7 Å². The Morgan fingerprint density at radius 3 is 2.75 bits per heavy atom. The summed E-state index contributed by atoms with van der Waals surface area (Å²) < 4.78 is 0. The molecule has 1 aromatic rings. The quantitative estimate of drug-likeness (QED) is 0.742. The van der Waals surface area contributed by atoms with E-state index in [-0.39, 0.29) is 6.61 Å². The van der Waals surface area contributed by atoms with Crippen molar-refractivity contribution in [2.45, 2.75) is 26.3 Å². The molecular formula is C13H20ClNO. The lowest BCUT2D eigenvalue weighted by atomic mass is 10.2. The molecule has 2 nitrogen and oxygen atoms in total. The molecule has 0 heterocycles. The van der Waals surface area contributed by atoms with Crippen molar-refractivity contribution in [1.82, 2.24) is 4.90 Å². The molecule has 0 fully saturated rings. The lowest BCUT2D eigenvalue weighted by Gasteiger charge is -2.20. The van der Waals surface area contributed by atoms with E-state index in [1.165, 1.54) is 5.56 Å². The first-order valence-electron chi connectivity index (χ1n) is 5.84. The van der Waals surface area contributed by atoms with Gasteiger partial charge in [-0.05, 0) is 43.6 Å². The maximum atomic E-state index is 8.74. The summed E-state index contributed by atoms with van der Waals surface area (Å²) in [5.74, 6) is 0. The highest BCUT2D eigenvalue weighted by Gasteiger charge is 2.03. The van der Waals surface area contributed by atoms with Crippen LogP contribution in [0.1, 0.15) is 25.3 Å². The third-order valence-electron chi connectivity index (χ3n) is 2.62. The fourth-order valence-corrected chi connectivity index (χ4v) is 1.90. The zero-order valence-electron chi connectivity index (χ0n) is 9.82. The van der Waals surface area contributed by atoms with Crippen LogP contribution in [-0.2, 0) is 6.54 Å². The van der Waals surface area contributed by atoms with Crippen LogP contribution >= 0.6 is 11.6 Å². The zero-order chi connectivity index (χ0) is 11.8. The molecule has 0 aliphatic heterocycles. The van der Waals surface area contributed by atoms with Crippen LogP contribution in [0.2, 0.25) is 5.02 Å². The van der Waals surface area contributed by atoms with Crippen LogP contribution < -0.4 is 0 Å². The highest BCUT2D eigenvalue weighted by Crippen LogP contribution is 2.12. The van der Waals surface area contributed by atoms with E-state index in [1.807, 2.05) is 18.2 Å². The molecule has 0 saturated carbocycles. The number of halogens is 1. The first-order chi connectivity index (χ1) is 7.76. The normalized spacial score (nSPS) is 11.0. The van der Waals surface area contributed by atoms with E-state index in [2.05, 4.69) is 17.9 Å². The molecule has 3 heteroatoms. The molecule has 90 valence electrons. The van der Waals surface area contributed by atoms with Gasteiger partial charge in [0.2, 0.25) is 0 Å². The largest absolute Gasteiger partial charge is 0.396 e. The Hall–Kier alpha value is -0.570. The highest BCUT2D eigenvalue weighted by molar-refractivity contribution is 6.30. The van der Waals surface area contributed by atoms with Gasteiger partial charge in [-0.25, -0.2) is 0 Å². The first kappa shape index (κ1) is 13.5. The predicted octanol–water partition coefficient (Wildman–Crippen LogP) is 2.93. The van der Waals surface area contributed by atoms with Gasteiger partial charge in [-0.15, -0.1) is 0 Å². The minimum absolute atomic E-state index is 0.286. The van der Waals surface area contributed by atoms with Gasteiger partial charge in [0, 0.05) is 18.2 Å². The SMILES string of the molecule is CCN(CCCCO)Cc1cccc(Cl)c1. The second-order valence-corrected chi connectivity index (χ2v) is 4.37. The van der Waals surface area contributed by atoms with Crippen LogP contribution in [0.4, 0.5) is 0 Å². The smallest absolute Gasteiger partial charge is 0.0431 e. The molecule has 0 radical (unpaired) electrons. The number of hydrogen-bond donors (Lipinski definition) is 1. The minimum atomic E-state index is 0.286. The average molecular weight is 242 g/mol. The van der Waals surface area contributed by atoms with E-state index in [4.69, 9.17) is 16.7 Å². The van der Waals surface area contributed by atoms with Gasteiger partial charge in [0.05, 0.1) is 0 Å². The van der Waals surface area contributed by atoms with Gasteiger partial charge in [0.1, 0.15) is 0 Å². The van der Waals surface area contributed by atoms with Crippen LogP contribution in [0, 0.1) is 0 Å². The fraction of sp³-hybridized carbons (Fsp3) is 0.538. The van der Waals surface area contributed by atoms with E-state index < -0.39 is 0 Å². The van der Waals surface area contributed by atoms with Crippen molar-refractivity contribution in [2.24, 2.45) is 0 Å². The van der Waals surface area contributed by atoms with E-state index in [9.17, 15) is 0 Å². The maximum absolute atomic E-state index is 8.74. The third-order valence-corrected chi connectivity index (χ3v) is 2.86. The standard InChI is InChI=1S/C13H20ClNO/c1-2-15(8-3-4-9-16)11-12-6-5-7-13(14)10-12/h5-7,10,16H,2-4,8-9,11H2,1H3. The van der Waals surface area contributed by atoms with E-state index in [1.54, 1.807) is 0 Å². The summed E-state index contributed by atoms with van der Waals surface area (Å²) in [5, 5.41) is 9.54. The van der Waals surface area contributed by atoms with Gasteiger partial charge in [0.15, 0.2) is 0 Å². The summed E-state index contributed by atoms with van der Waals surface area (Å²) in [6.07, 6.45) is 1.93. The van der Waals surface area contributed by atoms with Crippen molar-refractivity contribution in [3.63, 3.8) is 0 Å². The number of benzene rings is 1. The van der Waals surface area contributed by atoms with Crippen LogP contribution in [-0.4, -0.2) is 29.7 Å². The average Bonchev–Trinajstić information content (AvgIpc) is 2.28. The highest BCUT2D eigenvalue weighted by atomic mass is 35.5. The van der Waals surface area contributed by atoms with Gasteiger partial charge >= 0.3 is 0 Å². The molecule has 0 atom stereocenters. The molecule has 0 bridgehead atoms. The molecule has 0 aromatic heterocycles. The van der Waals surface area contributed by atoms with Crippen molar-refractivity contribution in [3.8, 4) is 0 Å². The number of aliphatic hydroxyl groups excluding tert-OH is 1. The molecule has 16 heavy (non-hydrogen) atoms. The Kier molecular flexibility index (Phi) is 6.46. The minimum Gasteiger partial charge on any atom is -0.396 e. The molecule has 0 amide bonds. The van der Waals surface area contributed by atoms with E-state index in [0.717, 1.165) is 37.5 Å². The molecule has 1 aromatic carbocycles. The summed E-state index contributed by atoms with van der Waals surface area (Å²) in [6, 6.07) is 7.99. The first-order valence-corrected chi connectivity index (χ1v) is 6.21. The fourth-order valence-electron chi connectivity index (χ4n) is 1.69. The monoisotopic (exact) mass is 241 g/mol. The third kappa shape index (κ3) is 4.97. The molecule has 1 N–H and O–H groups in total. The molecule has 0 saturated heterocycles. The van der Waals surface area contributed by atoms with Crippen molar-refractivity contribution >= 4 is 11.6 Å². The number of hydrogen-bond acceptors (Lipinski definition) is 2. The van der Waals surface area contributed by atoms with Gasteiger partial charge in [-0.2, -0.15) is 0 Å². The Morgan fingerprint density at radius 1 is 1.31 bits per heavy atom. The Balaban J connectivity index is 2.43. The van der Waals surface area contributed by atoms with Gasteiger partial charge in [0.25, 0.3) is 0 Å². The summed E-state index contributed by atoms with van der Waals surface area (Å²) in [7, 11) is 0. The Morgan fingerprint density at radius 2 is 2.12 bits per heavy atom. The van der Waals surface area contributed by atoms with Crippen molar-refractivity contribution in [1.29, 1.82) is 0 Å². The van der Waals surface area contributed by atoms with E-state index >= 15 is 0 Å². The summed E-state index contributed by atoms with van der Waals surface area (Å²) >= 11 is 5.95. The molecule has 0 spiro atoms. The number of nitrogens with zero attached hydrogens (tertiary/aromatic N) is 1. The van der Waals surface area contributed by atoms with Crippen molar-refractivity contribution < 1.29 is 5.11 Å². The van der Waals surface area contributed by atoms with Crippen molar-refractivity contribution in [3.05, 3.63) is 34.9 Å². The van der Waals surface area contributed by atoms with Crippen LogP contribution in [0.25, 0.3) is 0 Å². The van der Waals surface area contributed by atoms with Crippen LogP contribution in [0.5, 0.6) is 0 Å². The van der Waals surface area contributed by atoms with Gasteiger partial charge < -0.3 is 5.11 Å². The molecule has 1 rings (SSSR count). The second-order valence-electron chi connectivity index (χ2n) is 3.93. The summed E-state index contributed by atoms with van der Waals surface area (Å²) in [6.45, 7) is 5.43. The lowest BCUT2D eigenvalue weighted by Crippen LogP contribution is -2.24. The summed E-state index contributed by atoms with van der Waals surface area (Å²) in [5.41, 5.74) is 1.25. The van der Waals surface area contributed by atoms with E-state index in [0.29, 0.717) is 0 Å².